The van der Waals surface area contributed by atoms with Crippen molar-refractivity contribution in [1.82, 2.24) is 0 Å². The quantitative estimate of drug-likeness (QED) is 0.894. The van der Waals surface area contributed by atoms with E-state index in [1.807, 2.05) is 31.2 Å². The summed E-state index contributed by atoms with van der Waals surface area (Å²) in [7, 11) is 0. The third kappa shape index (κ3) is 3.80. The molecular weight excluding hydrogens is 241 g/mol. The second-order valence-corrected chi connectivity index (χ2v) is 4.67. The Hall–Kier alpha value is -1.87. The lowest BCUT2D eigenvalue weighted by atomic mass is 10.1. The molecule has 2 aromatic carbocycles. The molecule has 0 spiro atoms. The first-order valence-electron chi connectivity index (χ1n) is 6.36. The molecule has 2 nitrogen and oxygen atoms in total. The highest BCUT2D eigenvalue weighted by atomic mass is 19.1. The second kappa shape index (κ2) is 6.34. The van der Waals surface area contributed by atoms with Crippen molar-refractivity contribution in [3.05, 3.63) is 65.5 Å². The molecule has 0 aromatic heterocycles. The third-order valence-corrected chi connectivity index (χ3v) is 2.86. The first kappa shape index (κ1) is 13.6. The van der Waals surface area contributed by atoms with Gasteiger partial charge in [0, 0.05) is 11.6 Å². The highest BCUT2D eigenvalue weighted by molar-refractivity contribution is 5.34. The standard InChI is InChI=1S/C16H18FNO/c1-12(18)10-13-6-3-5-9-16(13)19-11-14-7-2-4-8-15(14)17/h2-9,12H,10-11,18H2,1H3. The summed E-state index contributed by atoms with van der Waals surface area (Å²) in [4.78, 5) is 0. The van der Waals surface area contributed by atoms with Crippen molar-refractivity contribution >= 4 is 0 Å². The van der Waals surface area contributed by atoms with Gasteiger partial charge in [0.25, 0.3) is 0 Å². The minimum Gasteiger partial charge on any atom is -0.489 e. The number of nitrogens with two attached hydrogens (primary N) is 1. The Morgan fingerprint density at radius 1 is 1.05 bits per heavy atom. The van der Waals surface area contributed by atoms with E-state index in [4.69, 9.17) is 10.5 Å². The molecule has 1 unspecified atom stereocenters. The highest BCUT2D eigenvalue weighted by Crippen LogP contribution is 2.21. The number of hydrogen-bond donors (Lipinski definition) is 1. The lowest BCUT2D eigenvalue weighted by Gasteiger charge is -2.13. The van der Waals surface area contributed by atoms with Gasteiger partial charge in [-0.1, -0.05) is 36.4 Å². The fourth-order valence-corrected chi connectivity index (χ4v) is 1.93. The number of hydrogen-bond acceptors (Lipinski definition) is 2. The van der Waals surface area contributed by atoms with Gasteiger partial charge in [0.2, 0.25) is 0 Å². The molecule has 0 aliphatic rings. The van der Waals surface area contributed by atoms with Crippen LogP contribution < -0.4 is 10.5 Å². The van der Waals surface area contributed by atoms with Gasteiger partial charge in [-0.25, -0.2) is 4.39 Å². The minimum absolute atomic E-state index is 0.0678. The number of benzene rings is 2. The van der Waals surface area contributed by atoms with Crippen LogP contribution in [0.4, 0.5) is 4.39 Å². The van der Waals surface area contributed by atoms with Gasteiger partial charge in [0.1, 0.15) is 18.2 Å². The van der Waals surface area contributed by atoms with Gasteiger partial charge >= 0.3 is 0 Å². The lowest BCUT2D eigenvalue weighted by Crippen LogP contribution is -2.18. The second-order valence-electron chi connectivity index (χ2n) is 4.67. The van der Waals surface area contributed by atoms with Crippen LogP contribution in [0.15, 0.2) is 48.5 Å². The van der Waals surface area contributed by atoms with Crippen molar-refractivity contribution in [1.29, 1.82) is 0 Å². The molecule has 3 heteroatoms. The summed E-state index contributed by atoms with van der Waals surface area (Å²) in [5.74, 6) is 0.523. The van der Waals surface area contributed by atoms with Crippen LogP contribution in [-0.4, -0.2) is 6.04 Å². The fourth-order valence-electron chi connectivity index (χ4n) is 1.93. The van der Waals surface area contributed by atoms with Gasteiger partial charge in [-0.2, -0.15) is 0 Å². The monoisotopic (exact) mass is 259 g/mol. The van der Waals surface area contributed by atoms with Crippen molar-refractivity contribution in [2.24, 2.45) is 5.73 Å². The molecule has 1 atom stereocenters. The predicted molar refractivity (Wildman–Crippen MR) is 74.5 cm³/mol. The molecule has 0 heterocycles. The maximum atomic E-state index is 13.5. The van der Waals surface area contributed by atoms with Gasteiger partial charge in [-0.3, -0.25) is 0 Å². The average molecular weight is 259 g/mol. The summed E-state index contributed by atoms with van der Waals surface area (Å²) in [6.45, 7) is 2.18. The van der Waals surface area contributed by atoms with Crippen LogP contribution in [0.2, 0.25) is 0 Å². The van der Waals surface area contributed by atoms with E-state index in [0.29, 0.717) is 5.56 Å². The third-order valence-electron chi connectivity index (χ3n) is 2.86. The van der Waals surface area contributed by atoms with Crippen LogP contribution in [0.5, 0.6) is 5.75 Å². The van der Waals surface area contributed by atoms with Gasteiger partial charge in [0.15, 0.2) is 0 Å². The molecule has 19 heavy (non-hydrogen) atoms. The van der Waals surface area contributed by atoms with Crippen LogP contribution in [-0.2, 0) is 13.0 Å². The molecule has 100 valence electrons. The summed E-state index contributed by atoms with van der Waals surface area (Å²) in [5.41, 5.74) is 7.41. The van der Waals surface area contributed by atoms with E-state index in [1.165, 1.54) is 6.07 Å². The van der Waals surface area contributed by atoms with Gasteiger partial charge in [-0.15, -0.1) is 0 Å². The van der Waals surface area contributed by atoms with Crippen molar-refractivity contribution < 1.29 is 9.13 Å². The van der Waals surface area contributed by atoms with Crippen LogP contribution >= 0.6 is 0 Å². The maximum absolute atomic E-state index is 13.5. The Kier molecular flexibility index (Phi) is 4.53. The van der Waals surface area contributed by atoms with Gasteiger partial charge in [0.05, 0.1) is 0 Å². The number of rotatable bonds is 5. The molecular formula is C16H18FNO. The topological polar surface area (TPSA) is 35.2 Å². The number of ether oxygens (including phenoxy) is 1. The van der Waals surface area contributed by atoms with E-state index in [9.17, 15) is 4.39 Å². The van der Waals surface area contributed by atoms with E-state index in [1.54, 1.807) is 18.2 Å². The summed E-state index contributed by atoms with van der Waals surface area (Å²) < 4.78 is 19.2. The van der Waals surface area contributed by atoms with Crippen LogP contribution in [0.1, 0.15) is 18.1 Å². The van der Waals surface area contributed by atoms with E-state index in [-0.39, 0.29) is 18.5 Å². The van der Waals surface area contributed by atoms with E-state index in [2.05, 4.69) is 0 Å². The fraction of sp³-hybridized carbons (Fsp3) is 0.250. The first-order valence-corrected chi connectivity index (χ1v) is 6.36. The minimum atomic E-state index is -0.243. The number of para-hydroxylation sites is 1. The number of halogens is 1. The molecule has 2 rings (SSSR count). The van der Waals surface area contributed by atoms with Crippen LogP contribution in [0, 0.1) is 5.82 Å². The Balaban J connectivity index is 2.09. The van der Waals surface area contributed by atoms with Gasteiger partial charge in [-0.05, 0) is 31.0 Å². The molecule has 2 aromatic rings. The molecule has 0 aliphatic carbocycles. The van der Waals surface area contributed by atoms with E-state index >= 15 is 0 Å². The zero-order valence-electron chi connectivity index (χ0n) is 11.0. The Bertz CT molecular complexity index is 540. The molecule has 0 amide bonds. The zero-order valence-corrected chi connectivity index (χ0v) is 11.0. The van der Waals surface area contributed by atoms with Crippen molar-refractivity contribution in [3.63, 3.8) is 0 Å². The summed E-state index contributed by atoms with van der Waals surface area (Å²) >= 11 is 0. The smallest absolute Gasteiger partial charge is 0.129 e. The van der Waals surface area contributed by atoms with Crippen molar-refractivity contribution in [2.45, 2.75) is 26.0 Å². The summed E-state index contributed by atoms with van der Waals surface area (Å²) in [5, 5.41) is 0. The average Bonchev–Trinajstić information content (AvgIpc) is 2.39. The summed E-state index contributed by atoms with van der Waals surface area (Å²) in [6.07, 6.45) is 0.743. The Morgan fingerprint density at radius 2 is 1.68 bits per heavy atom. The summed E-state index contributed by atoms with van der Waals surface area (Å²) in [6, 6.07) is 14.4. The molecule has 0 fully saturated rings. The SMILES string of the molecule is CC(N)Cc1ccccc1OCc1ccccc1F. The van der Waals surface area contributed by atoms with Crippen LogP contribution in [0.25, 0.3) is 0 Å². The van der Waals surface area contributed by atoms with Crippen molar-refractivity contribution in [2.75, 3.05) is 0 Å². The molecule has 0 bridgehead atoms. The van der Waals surface area contributed by atoms with Crippen molar-refractivity contribution in [3.8, 4) is 5.75 Å². The predicted octanol–water partition coefficient (Wildman–Crippen LogP) is 3.29. The molecule has 0 saturated carbocycles. The normalized spacial score (nSPS) is 12.2. The van der Waals surface area contributed by atoms with Crippen LogP contribution in [0.3, 0.4) is 0 Å². The van der Waals surface area contributed by atoms with E-state index < -0.39 is 0 Å². The van der Waals surface area contributed by atoms with Gasteiger partial charge < -0.3 is 10.5 Å². The zero-order chi connectivity index (χ0) is 13.7. The first-order chi connectivity index (χ1) is 9.16. The Labute approximate surface area is 113 Å². The largest absolute Gasteiger partial charge is 0.489 e. The van der Waals surface area contributed by atoms with E-state index in [0.717, 1.165) is 17.7 Å². The molecule has 0 radical (unpaired) electrons. The maximum Gasteiger partial charge on any atom is 0.129 e. The highest BCUT2D eigenvalue weighted by Gasteiger charge is 2.07. The molecule has 0 aliphatic heterocycles. The molecule has 0 saturated heterocycles. The molecule has 2 N–H and O–H groups in total. The lowest BCUT2D eigenvalue weighted by molar-refractivity contribution is 0.296. The Morgan fingerprint density at radius 3 is 2.37 bits per heavy atom.